The molecule has 1 aromatic carbocycles. The molecule has 172 valence electrons. The molecule has 2 heterocycles. The van der Waals surface area contributed by atoms with Gasteiger partial charge in [-0.1, -0.05) is 32.4 Å². The topological polar surface area (TPSA) is 121 Å². The van der Waals surface area contributed by atoms with E-state index in [0.29, 0.717) is 38.9 Å². The summed E-state index contributed by atoms with van der Waals surface area (Å²) in [4.78, 5) is 55.4. The predicted molar refractivity (Wildman–Crippen MR) is 125 cm³/mol. The summed E-state index contributed by atoms with van der Waals surface area (Å²) in [5.41, 5.74) is 6.56. The van der Waals surface area contributed by atoms with Gasteiger partial charge in [-0.05, 0) is 37.0 Å². The molecule has 0 spiro atoms. The highest BCUT2D eigenvalue weighted by molar-refractivity contribution is 5.97. The highest BCUT2D eigenvalue weighted by Gasteiger charge is 2.25. The van der Waals surface area contributed by atoms with Gasteiger partial charge in [0.2, 0.25) is 11.8 Å². The average Bonchev–Trinajstić information content (AvgIpc) is 3.19. The Morgan fingerprint density at radius 3 is 2.44 bits per heavy atom. The molecule has 1 aromatic heterocycles. The van der Waals surface area contributed by atoms with Crippen molar-refractivity contribution in [1.29, 1.82) is 0 Å². The van der Waals surface area contributed by atoms with Gasteiger partial charge in [0.25, 0.3) is 5.56 Å². The second-order valence-corrected chi connectivity index (χ2v) is 8.04. The third kappa shape index (κ3) is 4.92. The second-order valence-electron chi connectivity index (χ2n) is 8.04. The van der Waals surface area contributed by atoms with Crippen molar-refractivity contribution in [3.8, 4) is 0 Å². The largest absolute Gasteiger partial charge is 0.383 e. The number of nitrogens with one attached hydrogen (secondary N) is 1. The van der Waals surface area contributed by atoms with Gasteiger partial charge in [-0.15, -0.1) is 0 Å². The van der Waals surface area contributed by atoms with Crippen molar-refractivity contribution in [2.24, 2.45) is 0 Å². The smallest absolute Gasteiger partial charge is 0.330 e. The number of nitrogen functional groups attached to an aromatic ring is 1. The molecule has 1 fully saturated rings. The minimum absolute atomic E-state index is 0.00736. The molecule has 9 nitrogen and oxygen atoms in total. The van der Waals surface area contributed by atoms with Crippen LogP contribution in [0.25, 0.3) is 0 Å². The number of nitrogens with zero attached hydrogens (tertiary/aromatic N) is 3. The Morgan fingerprint density at radius 1 is 1.12 bits per heavy atom. The van der Waals surface area contributed by atoms with Crippen LogP contribution in [0.2, 0.25) is 0 Å². The van der Waals surface area contributed by atoms with Crippen LogP contribution in [-0.2, 0) is 22.6 Å². The van der Waals surface area contributed by atoms with Crippen LogP contribution in [0.4, 0.5) is 17.2 Å². The van der Waals surface area contributed by atoms with Crippen LogP contribution in [0.1, 0.15) is 51.5 Å². The van der Waals surface area contributed by atoms with E-state index in [1.165, 1.54) is 9.47 Å². The van der Waals surface area contributed by atoms with E-state index < -0.39 is 11.2 Å². The number of hydrogen-bond acceptors (Lipinski definition) is 5. The molecule has 0 radical (unpaired) electrons. The maximum Gasteiger partial charge on any atom is 0.330 e. The van der Waals surface area contributed by atoms with Crippen molar-refractivity contribution in [1.82, 2.24) is 9.55 Å². The van der Waals surface area contributed by atoms with Crippen molar-refractivity contribution in [3.63, 3.8) is 0 Å². The minimum atomic E-state index is -0.660. The summed E-state index contributed by atoms with van der Waals surface area (Å²) >= 11 is 0. The lowest BCUT2D eigenvalue weighted by Gasteiger charge is -2.24. The van der Waals surface area contributed by atoms with Gasteiger partial charge in [0.05, 0.1) is 6.42 Å². The van der Waals surface area contributed by atoms with Crippen LogP contribution in [0.15, 0.2) is 33.9 Å². The fourth-order valence-electron chi connectivity index (χ4n) is 3.95. The quantitative estimate of drug-likeness (QED) is 0.617. The summed E-state index contributed by atoms with van der Waals surface area (Å²) < 4.78 is 1.30. The molecule has 1 aliphatic rings. The maximum atomic E-state index is 13.2. The number of amides is 2. The van der Waals surface area contributed by atoms with Gasteiger partial charge in [-0.25, -0.2) is 4.79 Å². The van der Waals surface area contributed by atoms with Crippen molar-refractivity contribution < 1.29 is 9.59 Å². The Kier molecular flexibility index (Phi) is 7.50. The van der Waals surface area contributed by atoms with Crippen molar-refractivity contribution >= 4 is 29.0 Å². The van der Waals surface area contributed by atoms with Gasteiger partial charge in [0, 0.05) is 31.7 Å². The van der Waals surface area contributed by atoms with Crippen LogP contribution in [-0.4, -0.2) is 34.5 Å². The van der Waals surface area contributed by atoms with Gasteiger partial charge in [0.15, 0.2) is 5.69 Å². The molecule has 1 aliphatic heterocycles. The van der Waals surface area contributed by atoms with E-state index in [2.05, 4.69) is 4.98 Å². The number of hydrogen-bond donors (Lipinski definition) is 2. The fourth-order valence-corrected chi connectivity index (χ4v) is 3.95. The molecule has 0 saturated carbocycles. The zero-order valence-corrected chi connectivity index (χ0v) is 18.7. The Balaban J connectivity index is 1.87. The lowest BCUT2D eigenvalue weighted by atomic mass is 10.1. The number of anilines is 3. The summed E-state index contributed by atoms with van der Waals surface area (Å²) in [7, 11) is 0. The lowest BCUT2D eigenvalue weighted by Crippen LogP contribution is -2.42. The van der Waals surface area contributed by atoms with Gasteiger partial charge in [0.1, 0.15) is 5.82 Å². The maximum absolute atomic E-state index is 13.2. The first-order valence-corrected chi connectivity index (χ1v) is 11.2. The summed E-state index contributed by atoms with van der Waals surface area (Å²) in [5, 5.41) is 0. The number of carbonyl (C=O) groups excluding carboxylic acids is 2. The Morgan fingerprint density at radius 2 is 1.84 bits per heavy atom. The van der Waals surface area contributed by atoms with Crippen LogP contribution < -0.4 is 26.8 Å². The van der Waals surface area contributed by atoms with E-state index in [4.69, 9.17) is 5.73 Å². The average molecular weight is 442 g/mol. The standard InChI is InChI=1S/C23H31N5O4/c1-3-5-13-27(20-21(24)28(12-4-2)23(32)25-22(20)31)19(30)15-16-8-10-17(11-9-16)26-14-6-7-18(26)29/h8-11H,3-7,12-15,24H2,1-2H3,(H,25,31,32). The van der Waals surface area contributed by atoms with E-state index in [1.807, 2.05) is 38.1 Å². The number of carbonyl (C=O) groups is 2. The highest BCUT2D eigenvalue weighted by Crippen LogP contribution is 2.23. The zero-order valence-electron chi connectivity index (χ0n) is 18.7. The summed E-state index contributed by atoms with van der Waals surface area (Å²) in [5.74, 6) is -0.160. The molecule has 1 saturated heterocycles. The SMILES string of the molecule is CCCCN(C(=O)Cc1ccc(N2CCCC2=O)cc1)c1c(N)n(CCC)c(=O)[nH]c1=O. The molecular formula is C23H31N5O4. The molecule has 0 atom stereocenters. The van der Waals surface area contributed by atoms with Gasteiger partial charge < -0.3 is 15.5 Å². The van der Waals surface area contributed by atoms with Crippen molar-refractivity contribution in [2.75, 3.05) is 28.6 Å². The normalized spacial score (nSPS) is 13.6. The number of aromatic amines is 1. The Hall–Kier alpha value is -3.36. The molecule has 2 amide bonds. The number of H-pyrrole nitrogens is 1. The fraction of sp³-hybridized carbons (Fsp3) is 0.478. The molecule has 0 unspecified atom stereocenters. The molecule has 0 aliphatic carbocycles. The van der Waals surface area contributed by atoms with Crippen LogP contribution in [0.5, 0.6) is 0 Å². The predicted octanol–water partition coefficient (Wildman–Crippen LogP) is 2.03. The van der Waals surface area contributed by atoms with E-state index in [-0.39, 0.29) is 29.7 Å². The number of aromatic nitrogens is 2. The summed E-state index contributed by atoms with van der Waals surface area (Å²) in [6.07, 6.45) is 3.65. The van der Waals surface area contributed by atoms with E-state index >= 15 is 0 Å². The number of benzene rings is 1. The third-order valence-corrected chi connectivity index (χ3v) is 5.64. The van der Waals surface area contributed by atoms with Crippen LogP contribution >= 0.6 is 0 Å². The molecule has 3 N–H and O–H groups in total. The number of nitrogens with two attached hydrogens (primary N) is 1. The Labute approximate surface area is 186 Å². The number of unbranched alkanes of at least 4 members (excludes halogenated alkanes) is 1. The molecule has 2 aromatic rings. The third-order valence-electron chi connectivity index (χ3n) is 5.64. The van der Waals surface area contributed by atoms with Crippen LogP contribution in [0, 0.1) is 0 Å². The summed E-state index contributed by atoms with van der Waals surface area (Å²) in [6, 6.07) is 7.32. The minimum Gasteiger partial charge on any atom is -0.383 e. The second kappa shape index (κ2) is 10.3. The first kappa shape index (κ1) is 23.3. The van der Waals surface area contributed by atoms with Gasteiger partial charge in [-0.3, -0.25) is 23.9 Å². The summed E-state index contributed by atoms with van der Waals surface area (Å²) in [6.45, 7) is 5.27. The van der Waals surface area contributed by atoms with Gasteiger partial charge in [-0.2, -0.15) is 0 Å². The molecule has 9 heteroatoms. The van der Waals surface area contributed by atoms with E-state index in [1.54, 1.807) is 4.90 Å². The van der Waals surface area contributed by atoms with Gasteiger partial charge >= 0.3 is 5.69 Å². The van der Waals surface area contributed by atoms with E-state index in [9.17, 15) is 19.2 Å². The number of rotatable bonds is 9. The van der Waals surface area contributed by atoms with Crippen LogP contribution in [0.3, 0.4) is 0 Å². The molecule has 3 rings (SSSR count). The monoisotopic (exact) mass is 441 g/mol. The zero-order chi connectivity index (χ0) is 23.3. The highest BCUT2D eigenvalue weighted by atomic mass is 16.2. The van der Waals surface area contributed by atoms with Crippen molar-refractivity contribution in [2.45, 2.75) is 58.9 Å². The molecular weight excluding hydrogens is 410 g/mol. The molecule has 32 heavy (non-hydrogen) atoms. The van der Waals surface area contributed by atoms with E-state index in [0.717, 1.165) is 24.1 Å². The first-order chi connectivity index (χ1) is 15.4. The first-order valence-electron chi connectivity index (χ1n) is 11.2. The lowest BCUT2D eigenvalue weighted by molar-refractivity contribution is -0.118. The molecule has 0 bridgehead atoms. The Bertz CT molecular complexity index is 1090. The van der Waals surface area contributed by atoms with Crippen molar-refractivity contribution in [3.05, 3.63) is 50.7 Å².